The third-order valence-corrected chi connectivity index (χ3v) is 3.05. The Labute approximate surface area is 102 Å². The third kappa shape index (κ3) is 4.00. The fourth-order valence-electron chi connectivity index (χ4n) is 1.95. The Bertz CT molecular complexity index is 273. The molecule has 0 aromatic rings. The molecule has 0 aromatic heterocycles. The zero-order chi connectivity index (χ0) is 12.8. The summed E-state index contributed by atoms with van der Waals surface area (Å²) in [6.45, 7) is 4.63. The number of esters is 1. The van der Waals surface area contributed by atoms with Crippen molar-refractivity contribution in [2.45, 2.75) is 45.2 Å². The highest BCUT2D eigenvalue weighted by atomic mass is 16.5. The van der Waals surface area contributed by atoms with Crippen LogP contribution in [0.1, 0.15) is 33.1 Å². The van der Waals surface area contributed by atoms with E-state index in [4.69, 9.17) is 0 Å². The highest BCUT2D eigenvalue weighted by molar-refractivity contribution is 5.87. The van der Waals surface area contributed by atoms with E-state index in [1.807, 2.05) is 13.8 Å². The fraction of sp³-hybridized carbons (Fsp3) is 0.833. The number of carbonyl (C=O) groups excluding carboxylic acids is 2. The molecule has 17 heavy (non-hydrogen) atoms. The minimum absolute atomic E-state index is 0.0231. The summed E-state index contributed by atoms with van der Waals surface area (Å²) in [5.41, 5.74) is 0. The minimum atomic E-state index is -0.559. The maximum atomic E-state index is 12.0. The molecule has 2 atom stereocenters. The van der Waals surface area contributed by atoms with Crippen LogP contribution in [0.2, 0.25) is 0 Å². The second kappa shape index (κ2) is 6.59. The SMILES string of the molecule is COC(=O)[C@@H](NC(=O)[C@@H]1CCCCN1)C(C)C. The summed E-state index contributed by atoms with van der Waals surface area (Å²) in [7, 11) is 1.34. The van der Waals surface area contributed by atoms with E-state index in [9.17, 15) is 9.59 Å². The van der Waals surface area contributed by atoms with Gasteiger partial charge in [-0.1, -0.05) is 20.3 Å². The van der Waals surface area contributed by atoms with Gasteiger partial charge in [0.15, 0.2) is 0 Å². The molecule has 0 unspecified atom stereocenters. The molecule has 0 radical (unpaired) electrons. The largest absolute Gasteiger partial charge is 0.467 e. The van der Waals surface area contributed by atoms with E-state index < -0.39 is 6.04 Å². The van der Waals surface area contributed by atoms with Crippen molar-refractivity contribution in [3.05, 3.63) is 0 Å². The quantitative estimate of drug-likeness (QED) is 0.702. The zero-order valence-electron chi connectivity index (χ0n) is 10.8. The molecule has 98 valence electrons. The first-order valence-electron chi connectivity index (χ1n) is 6.18. The number of rotatable bonds is 4. The first-order valence-corrected chi connectivity index (χ1v) is 6.18. The average Bonchev–Trinajstić information content (AvgIpc) is 2.35. The lowest BCUT2D eigenvalue weighted by Gasteiger charge is -2.26. The van der Waals surface area contributed by atoms with Crippen LogP contribution in [-0.2, 0) is 14.3 Å². The highest BCUT2D eigenvalue weighted by Crippen LogP contribution is 2.09. The molecule has 1 saturated heterocycles. The molecule has 0 spiro atoms. The van der Waals surface area contributed by atoms with Gasteiger partial charge in [-0.25, -0.2) is 4.79 Å². The lowest BCUT2D eigenvalue weighted by molar-refractivity contribution is -0.146. The van der Waals surface area contributed by atoms with Crippen LogP contribution in [0.15, 0.2) is 0 Å². The van der Waals surface area contributed by atoms with Gasteiger partial charge in [0.2, 0.25) is 5.91 Å². The van der Waals surface area contributed by atoms with Gasteiger partial charge in [-0.15, -0.1) is 0 Å². The van der Waals surface area contributed by atoms with Crippen LogP contribution < -0.4 is 10.6 Å². The van der Waals surface area contributed by atoms with E-state index in [1.54, 1.807) is 0 Å². The predicted octanol–water partition coefficient (Wildman–Crippen LogP) is 0.442. The van der Waals surface area contributed by atoms with Crippen molar-refractivity contribution < 1.29 is 14.3 Å². The van der Waals surface area contributed by atoms with Gasteiger partial charge in [0, 0.05) is 0 Å². The van der Waals surface area contributed by atoms with Crippen LogP contribution in [0.25, 0.3) is 0 Å². The zero-order valence-corrected chi connectivity index (χ0v) is 10.8. The molecular weight excluding hydrogens is 220 g/mol. The van der Waals surface area contributed by atoms with E-state index in [0.29, 0.717) is 0 Å². The van der Waals surface area contributed by atoms with Crippen molar-refractivity contribution in [1.29, 1.82) is 0 Å². The van der Waals surface area contributed by atoms with E-state index in [1.165, 1.54) is 7.11 Å². The molecule has 5 heteroatoms. The summed E-state index contributed by atoms with van der Waals surface area (Å²) >= 11 is 0. The lowest BCUT2D eigenvalue weighted by Crippen LogP contribution is -2.53. The van der Waals surface area contributed by atoms with Gasteiger partial charge in [0.1, 0.15) is 6.04 Å². The molecule has 1 aliphatic rings. The molecule has 0 saturated carbocycles. The van der Waals surface area contributed by atoms with Crippen LogP contribution >= 0.6 is 0 Å². The molecule has 1 rings (SSSR count). The summed E-state index contributed by atoms with van der Waals surface area (Å²) in [5, 5.41) is 5.92. The predicted molar refractivity (Wildman–Crippen MR) is 64.4 cm³/mol. The molecule has 1 heterocycles. The van der Waals surface area contributed by atoms with Gasteiger partial charge < -0.3 is 15.4 Å². The molecule has 1 fully saturated rings. The molecule has 1 amide bonds. The van der Waals surface area contributed by atoms with Crippen LogP contribution in [0.3, 0.4) is 0 Å². The molecule has 0 aliphatic carbocycles. The van der Waals surface area contributed by atoms with Gasteiger partial charge in [-0.05, 0) is 25.3 Å². The first-order chi connectivity index (χ1) is 8.06. The minimum Gasteiger partial charge on any atom is -0.467 e. The topological polar surface area (TPSA) is 67.4 Å². The molecule has 0 bridgehead atoms. The number of hydrogen-bond donors (Lipinski definition) is 2. The average molecular weight is 242 g/mol. The second-order valence-corrected chi connectivity index (χ2v) is 4.76. The maximum Gasteiger partial charge on any atom is 0.328 e. The van der Waals surface area contributed by atoms with Crippen molar-refractivity contribution in [1.82, 2.24) is 10.6 Å². The summed E-state index contributed by atoms with van der Waals surface area (Å²) in [6, 6.07) is -0.731. The van der Waals surface area contributed by atoms with Crippen LogP contribution in [-0.4, -0.2) is 37.6 Å². The monoisotopic (exact) mass is 242 g/mol. The van der Waals surface area contributed by atoms with E-state index >= 15 is 0 Å². The van der Waals surface area contributed by atoms with Gasteiger partial charge >= 0.3 is 5.97 Å². The molecule has 2 N–H and O–H groups in total. The summed E-state index contributed by atoms with van der Waals surface area (Å²) in [6.07, 6.45) is 2.99. The van der Waals surface area contributed by atoms with Gasteiger partial charge in [-0.2, -0.15) is 0 Å². The highest BCUT2D eigenvalue weighted by Gasteiger charge is 2.28. The Balaban J connectivity index is 2.54. The Morgan fingerprint density at radius 1 is 1.35 bits per heavy atom. The normalized spacial score (nSPS) is 22.0. The smallest absolute Gasteiger partial charge is 0.328 e. The van der Waals surface area contributed by atoms with E-state index in [-0.39, 0.29) is 23.8 Å². The molecular formula is C12H22N2O3. The number of nitrogens with one attached hydrogen (secondary N) is 2. The number of amides is 1. The molecule has 0 aromatic carbocycles. The van der Waals surface area contributed by atoms with Crippen molar-refractivity contribution in [2.24, 2.45) is 5.92 Å². The van der Waals surface area contributed by atoms with Gasteiger partial charge in [0.25, 0.3) is 0 Å². The van der Waals surface area contributed by atoms with Crippen molar-refractivity contribution in [3.63, 3.8) is 0 Å². The summed E-state index contributed by atoms with van der Waals surface area (Å²) in [5.74, 6) is -0.465. The first kappa shape index (κ1) is 14.0. The number of piperidine rings is 1. The third-order valence-electron chi connectivity index (χ3n) is 3.05. The Morgan fingerprint density at radius 3 is 2.53 bits per heavy atom. The fourth-order valence-corrected chi connectivity index (χ4v) is 1.95. The Kier molecular flexibility index (Phi) is 5.41. The Morgan fingerprint density at radius 2 is 2.06 bits per heavy atom. The van der Waals surface area contributed by atoms with E-state index in [2.05, 4.69) is 15.4 Å². The van der Waals surface area contributed by atoms with Crippen molar-refractivity contribution >= 4 is 11.9 Å². The van der Waals surface area contributed by atoms with Crippen molar-refractivity contribution in [3.8, 4) is 0 Å². The van der Waals surface area contributed by atoms with Crippen molar-refractivity contribution in [2.75, 3.05) is 13.7 Å². The summed E-state index contributed by atoms with van der Waals surface area (Å²) < 4.78 is 4.69. The van der Waals surface area contributed by atoms with E-state index in [0.717, 1.165) is 25.8 Å². The lowest BCUT2D eigenvalue weighted by atomic mass is 10.0. The number of methoxy groups -OCH3 is 1. The number of hydrogen-bond acceptors (Lipinski definition) is 4. The van der Waals surface area contributed by atoms with Crippen LogP contribution in [0.4, 0.5) is 0 Å². The molecule has 5 nitrogen and oxygen atoms in total. The number of carbonyl (C=O) groups is 2. The Hall–Kier alpha value is -1.10. The van der Waals surface area contributed by atoms with Crippen LogP contribution in [0.5, 0.6) is 0 Å². The maximum absolute atomic E-state index is 12.0. The van der Waals surface area contributed by atoms with Gasteiger partial charge in [0.05, 0.1) is 13.2 Å². The second-order valence-electron chi connectivity index (χ2n) is 4.76. The van der Waals surface area contributed by atoms with Crippen LogP contribution in [0, 0.1) is 5.92 Å². The standard InChI is InChI=1S/C12H22N2O3/c1-8(2)10(12(16)17-3)14-11(15)9-6-4-5-7-13-9/h8-10,13H,4-7H2,1-3H3,(H,14,15)/t9-,10-/m0/s1. The number of ether oxygens (including phenoxy) is 1. The summed E-state index contributed by atoms with van der Waals surface area (Å²) in [4.78, 5) is 23.5. The molecule has 1 aliphatic heterocycles. The van der Waals surface area contributed by atoms with Gasteiger partial charge in [-0.3, -0.25) is 4.79 Å².